The van der Waals surface area contributed by atoms with E-state index in [4.69, 9.17) is 14.2 Å². The van der Waals surface area contributed by atoms with Crippen molar-refractivity contribution < 1.29 is 32.2 Å². The second kappa shape index (κ2) is 10.0. The highest BCUT2D eigenvalue weighted by Crippen LogP contribution is 2.33. The summed E-state index contributed by atoms with van der Waals surface area (Å²) in [5.41, 5.74) is 0.303. The van der Waals surface area contributed by atoms with Crippen LogP contribution in [0.2, 0.25) is 0 Å². The summed E-state index contributed by atoms with van der Waals surface area (Å²) in [6.45, 7) is 4.37. The number of esters is 1. The average molecular weight is 443 g/mol. The van der Waals surface area contributed by atoms with E-state index in [1.807, 2.05) is 0 Å². The van der Waals surface area contributed by atoms with Crippen LogP contribution in [0.3, 0.4) is 0 Å². The van der Waals surface area contributed by atoms with Gasteiger partial charge in [-0.05, 0) is 38.8 Å². The van der Waals surface area contributed by atoms with Crippen LogP contribution in [0.15, 0.2) is 18.2 Å². The number of rotatable bonds is 8. The summed E-state index contributed by atoms with van der Waals surface area (Å²) in [4.78, 5) is 26.6. The molecule has 0 aliphatic carbocycles. The molecule has 0 saturated carbocycles. The zero-order valence-electron chi connectivity index (χ0n) is 18.1. The van der Waals surface area contributed by atoms with Crippen molar-refractivity contribution in [2.24, 2.45) is 5.92 Å². The average Bonchev–Trinajstić information content (AvgIpc) is 2.72. The molecule has 1 fully saturated rings. The van der Waals surface area contributed by atoms with Gasteiger partial charge >= 0.3 is 5.97 Å². The summed E-state index contributed by atoms with van der Waals surface area (Å²) < 4.78 is 41.7. The highest BCUT2D eigenvalue weighted by Gasteiger charge is 2.35. The van der Waals surface area contributed by atoms with Gasteiger partial charge in [-0.25, -0.2) is 8.42 Å². The standard InChI is InChI=1S/C20H30N2O7S/c1-6-29-20(24)15-9-11-21(12-10-15)19(23)14(2)22(30(5,25)26)16-7-8-17(27-3)18(13-16)28-4/h7-8,13-15H,6,9-12H2,1-5H3/t14-/m0/s1. The Kier molecular flexibility index (Phi) is 7.94. The van der Waals surface area contributed by atoms with Crippen molar-refractivity contribution in [2.75, 3.05) is 44.5 Å². The lowest BCUT2D eigenvalue weighted by atomic mass is 9.96. The minimum atomic E-state index is -3.76. The molecule has 168 valence electrons. The number of carbonyl (C=O) groups excluding carboxylic acids is 2. The molecule has 1 atom stereocenters. The van der Waals surface area contributed by atoms with Crippen LogP contribution < -0.4 is 13.8 Å². The summed E-state index contributed by atoms with van der Waals surface area (Å²) in [5, 5.41) is 0. The number of hydrogen-bond acceptors (Lipinski definition) is 7. The number of sulfonamides is 1. The molecule has 0 bridgehead atoms. The number of amides is 1. The summed E-state index contributed by atoms with van der Waals surface area (Å²) in [6.07, 6.45) is 2.04. The van der Waals surface area contributed by atoms with Gasteiger partial charge in [0.25, 0.3) is 0 Å². The molecule has 2 rings (SSSR count). The minimum Gasteiger partial charge on any atom is -0.493 e. The molecule has 0 radical (unpaired) electrons. The molecular weight excluding hydrogens is 412 g/mol. The number of hydrogen-bond donors (Lipinski definition) is 0. The molecule has 1 amide bonds. The molecular formula is C20H30N2O7S. The lowest BCUT2D eigenvalue weighted by molar-refractivity contribution is -0.151. The third-order valence-electron chi connectivity index (χ3n) is 5.11. The minimum absolute atomic E-state index is 0.235. The molecule has 1 aromatic rings. The number of nitrogens with zero attached hydrogens (tertiary/aromatic N) is 2. The molecule has 0 N–H and O–H groups in total. The first-order valence-electron chi connectivity index (χ1n) is 9.80. The number of methoxy groups -OCH3 is 2. The van der Waals surface area contributed by atoms with E-state index in [0.717, 1.165) is 10.6 Å². The Labute approximate surface area is 177 Å². The summed E-state index contributed by atoms with van der Waals surface area (Å²) >= 11 is 0. The van der Waals surface area contributed by atoms with Gasteiger partial charge in [-0.1, -0.05) is 0 Å². The van der Waals surface area contributed by atoms with Gasteiger partial charge in [-0.3, -0.25) is 13.9 Å². The van der Waals surface area contributed by atoms with Gasteiger partial charge in [-0.2, -0.15) is 0 Å². The molecule has 0 unspecified atom stereocenters. The zero-order valence-corrected chi connectivity index (χ0v) is 18.9. The van der Waals surface area contributed by atoms with Gasteiger partial charge in [0.1, 0.15) is 6.04 Å². The highest BCUT2D eigenvalue weighted by molar-refractivity contribution is 7.92. The fourth-order valence-corrected chi connectivity index (χ4v) is 4.79. The number of anilines is 1. The molecule has 1 aliphatic rings. The van der Waals surface area contributed by atoms with Crippen LogP contribution in [-0.4, -0.2) is 71.4 Å². The molecule has 0 spiro atoms. The fraction of sp³-hybridized carbons (Fsp3) is 0.600. The number of piperidine rings is 1. The maximum absolute atomic E-state index is 13.1. The zero-order chi connectivity index (χ0) is 22.5. The Morgan fingerprint density at radius 2 is 1.77 bits per heavy atom. The maximum atomic E-state index is 13.1. The van der Waals surface area contributed by atoms with E-state index in [0.29, 0.717) is 49.7 Å². The van der Waals surface area contributed by atoms with E-state index in [1.165, 1.54) is 20.3 Å². The van der Waals surface area contributed by atoms with Gasteiger partial charge in [0.2, 0.25) is 15.9 Å². The van der Waals surface area contributed by atoms with Gasteiger partial charge in [0.05, 0.1) is 38.7 Å². The van der Waals surface area contributed by atoms with Crippen LogP contribution in [-0.2, 0) is 24.3 Å². The summed E-state index contributed by atoms with van der Waals surface area (Å²) in [6, 6.07) is 3.72. The van der Waals surface area contributed by atoms with Crippen molar-refractivity contribution in [3.8, 4) is 11.5 Å². The number of ether oxygens (including phenoxy) is 3. The highest BCUT2D eigenvalue weighted by atomic mass is 32.2. The third kappa shape index (κ3) is 5.35. The van der Waals surface area contributed by atoms with Gasteiger partial charge in [0, 0.05) is 19.2 Å². The van der Waals surface area contributed by atoms with Crippen LogP contribution in [0.5, 0.6) is 11.5 Å². The Bertz CT molecular complexity index is 864. The first kappa shape index (κ1) is 23.8. The molecule has 1 aliphatic heterocycles. The third-order valence-corrected chi connectivity index (χ3v) is 6.36. The molecule has 30 heavy (non-hydrogen) atoms. The molecule has 0 aromatic heterocycles. The van der Waals surface area contributed by atoms with Crippen molar-refractivity contribution in [2.45, 2.75) is 32.7 Å². The van der Waals surface area contributed by atoms with Crippen molar-refractivity contribution in [3.05, 3.63) is 18.2 Å². The maximum Gasteiger partial charge on any atom is 0.309 e. The van der Waals surface area contributed by atoms with Crippen LogP contribution in [0, 0.1) is 5.92 Å². The molecule has 1 heterocycles. The van der Waals surface area contributed by atoms with E-state index in [2.05, 4.69) is 0 Å². The van der Waals surface area contributed by atoms with Crippen molar-refractivity contribution >= 4 is 27.6 Å². The smallest absolute Gasteiger partial charge is 0.309 e. The fourth-order valence-electron chi connectivity index (χ4n) is 3.62. The largest absolute Gasteiger partial charge is 0.493 e. The van der Waals surface area contributed by atoms with Crippen LogP contribution in [0.4, 0.5) is 5.69 Å². The lowest BCUT2D eigenvalue weighted by Crippen LogP contribution is -2.51. The molecule has 1 saturated heterocycles. The van der Waals surface area contributed by atoms with Gasteiger partial charge < -0.3 is 19.1 Å². The number of carbonyl (C=O) groups is 2. The van der Waals surface area contributed by atoms with Crippen molar-refractivity contribution in [1.29, 1.82) is 0 Å². The lowest BCUT2D eigenvalue weighted by Gasteiger charge is -2.36. The summed E-state index contributed by atoms with van der Waals surface area (Å²) in [5.74, 6) is 0.00712. The second-order valence-electron chi connectivity index (χ2n) is 7.13. The predicted octanol–water partition coefficient (Wildman–Crippen LogP) is 1.66. The topological polar surface area (TPSA) is 102 Å². The first-order chi connectivity index (χ1) is 14.1. The Hall–Kier alpha value is -2.49. The first-order valence-corrected chi connectivity index (χ1v) is 11.7. The number of likely N-dealkylation sites (tertiary alicyclic amines) is 1. The van der Waals surface area contributed by atoms with Gasteiger partial charge in [0.15, 0.2) is 11.5 Å². The van der Waals surface area contributed by atoms with Crippen LogP contribution in [0.25, 0.3) is 0 Å². The molecule has 9 nitrogen and oxygen atoms in total. The quantitative estimate of drug-likeness (QED) is 0.564. The van der Waals surface area contributed by atoms with E-state index in [1.54, 1.807) is 30.9 Å². The van der Waals surface area contributed by atoms with Crippen LogP contribution in [0.1, 0.15) is 26.7 Å². The van der Waals surface area contributed by atoms with E-state index in [9.17, 15) is 18.0 Å². The SMILES string of the molecule is CCOC(=O)C1CCN(C(=O)[C@H](C)N(c2ccc(OC)c(OC)c2)S(C)(=O)=O)CC1. The van der Waals surface area contributed by atoms with Crippen molar-refractivity contribution in [3.63, 3.8) is 0 Å². The predicted molar refractivity (Wildman–Crippen MR) is 112 cm³/mol. The van der Waals surface area contributed by atoms with Crippen LogP contribution >= 0.6 is 0 Å². The van der Waals surface area contributed by atoms with Gasteiger partial charge in [-0.15, -0.1) is 0 Å². The molecule has 1 aromatic carbocycles. The van der Waals surface area contributed by atoms with E-state index < -0.39 is 16.1 Å². The molecule has 10 heteroatoms. The van der Waals surface area contributed by atoms with E-state index in [-0.39, 0.29) is 17.8 Å². The Balaban J connectivity index is 2.21. The Morgan fingerprint density at radius 3 is 2.27 bits per heavy atom. The number of benzene rings is 1. The van der Waals surface area contributed by atoms with Crippen molar-refractivity contribution in [1.82, 2.24) is 4.90 Å². The normalized spacial score (nSPS) is 16.0. The Morgan fingerprint density at radius 1 is 1.17 bits per heavy atom. The monoisotopic (exact) mass is 442 g/mol. The summed E-state index contributed by atoms with van der Waals surface area (Å²) in [7, 11) is -0.825. The van der Waals surface area contributed by atoms with E-state index >= 15 is 0 Å². The second-order valence-corrected chi connectivity index (χ2v) is 8.99.